The smallest absolute Gasteiger partial charge is 0.267 e. The lowest BCUT2D eigenvalue weighted by molar-refractivity contribution is -0.132. The molecule has 1 aliphatic heterocycles. The van der Waals surface area contributed by atoms with E-state index in [0.717, 1.165) is 12.0 Å². The lowest BCUT2D eigenvalue weighted by Crippen LogP contribution is -2.39. The Balaban J connectivity index is 1.52. The number of nitrogens with zero attached hydrogens (tertiary/aromatic N) is 5. The molecule has 2 amide bonds. The van der Waals surface area contributed by atoms with Gasteiger partial charge in [0.25, 0.3) is 5.91 Å². The standard InChI is InChI=1S/C17H20N6O2/c24-16-8-7-15(21-23(16)11-14-5-2-1-3-6-14)17(25)19-9-4-10-22-13-18-12-20-22/h1-3,5-6,12-13H,4,7-11H2,(H,19,25). The summed E-state index contributed by atoms with van der Waals surface area (Å²) in [5.74, 6) is -0.282. The van der Waals surface area contributed by atoms with E-state index in [2.05, 4.69) is 20.5 Å². The van der Waals surface area contributed by atoms with E-state index in [1.807, 2.05) is 30.3 Å². The fourth-order valence-corrected chi connectivity index (χ4v) is 2.54. The number of nitrogens with one attached hydrogen (secondary N) is 1. The van der Waals surface area contributed by atoms with Gasteiger partial charge in [0, 0.05) is 25.9 Å². The van der Waals surface area contributed by atoms with Gasteiger partial charge < -0.3 is 5.32 Å². The van der Waals surface area contributed by atoms with Gasteiger partial charge in [0.05, 0.1) is 6.54 Å². The van der Waals surface area contributed by atoms with Crippen LogP contribution in [0.4, 0.5) is 0 Å². The molecule has 0 atom stereocenters. The Kier molecular flexibility index (Phi) is 5.50. The molecule has 25 heavy (non-hydrogen) atoms. The quantitative estimate of drug-likeness (QED) is 0.760. The first-order valence-electron chi connectivity index (χ1n) is 8.25. The summed E-state index contributed by atoms with van der Waals surface area (Å²) >= 11 is 0. The van der Waals surface area contributed by atoms with E-state index in [1.54, 1.807) is 11.0 Å². The predicted molar refractivity (Wildman–Crippen MR) is 91.3 cm³/mol. The number of hydrogen-bond acceptors (Lipinski definition) is 5. The molecule has 8 nitrogen and oxygen atoms in total. The minimum Gasteiger partial charge on any atom is -0.351 e. The molecular weight excluding hydrogens is 320 g/mol. The average molecular weight is 340 g/mol. The zero-order valence-corrected chi connectivity index (χ0v) is 13.8. The zero-order chi connectivity index (χ0) is 17.5. The number of carbonyl (C=O) groups is 2. The maximum absolute atomic E-state index is 12.2. The Morgan fingerprint density at radius 1 is 1.20 bits per heavy atom. The third-order valence-electron chi connectivity index (χ3n) is 3.86. The summed E-state index contributed by atoms with van der Waals surface area (Å²) in [6, 6.07) is 9.61. The van der Waals surface area contributed by atoms with Gasteiger partial charge in [-0.3, -0.25) is 14.3 Å². The highest BCUT2D eigenvalue weighted by Crippen LogP contribution is 2.13. The molecule has 0 radical (unpaired) electrons. The molecule has 8 heteroatoms. The summed E-state index contributed by atoms with van der Waals surface area (Å²) < 4.78 is 1.71. The van der Waals surface area contributed by atoms with Crippen molar-refractivity contribution in [3.63, 3.8) is 0 Å². The van der Waals surface area contributed by atoms with E-state index < -0.39 is 0 Å². The lowest BCUT2D eigenvalue weighted by atomic mass is 10.1. The normalized spacial score (nSPS) is 14.3. The molecule has 0 unspecified atom stereocenters. The highest BCUT2D eigenvalue weighted by molar-refractivity contribution is 6.39. The van der Waals surface area contributed by atoms with Crippen molar-refractivity contribution in [3.05, 3.63) is 48.5 Å². The second-order valence-electron chi connectivity index (χ2n) is 5.75. The largest absolute Gasteiger partial charge is 0.351 e. The third-order valence-corrected chi connectivity index (χ3v) is 3.86. The van der Waals surface area contributed by atoms with Crippen LogP contribution in [-0.4, -0.2) is 43.8 Å². The van der Waals surface area contributed by atoms with Gasteiger partial charge in [0.15, 0.2) is 0 Å². The lowest BCUT2D eigenvalue weighted by Gasteiger charge is -2.23. The van der Waals surface area contributed by atoms with Crippen LogP contribution in [0.15, 0.2) is 48.1 Å². The van der Waals surface area contributed by atoms with Gasteiger partial charge in [-0.25, -0.2) is 9.99 Å². The number of benzene rings is 1. The third kappa shape index (κ3) is 4.72. The van der Waals surface area contributed by atoms with Crippen LogP contribution in [0.3, 0.4) is 0 Å². The molecule has 0 saturated carbocycles. The average Bonchev–Trinajstić information content (AvgIpc) is 3.15. The van der Waals surface area contributed by atoms with Gasteiger partial charge in [-0.15, -0.1) is 0 Å². The van der Waals surface area contributed by atoms with Gasteiger partial charge in [0.2, 0.25) is 5.91 Å². The Morgan fingerprint density at radius 3 is 2.80 bits per heavy atom. The van der Waals surface area contributed by atoms with E-state index in [9.17, 15) is 9.59 Å². The molecule has 0 spiro atoms. The van der Waals surface area contributed by atoms with E-state index in [0.29, 0.717) is 38.2 Å². The molecule has 0 aliphatic carbocycles. The molecule has 1 aromatic carbocycles. The first-order chi connectivity index (χ1) is 12.2. The van der Waals surface area contributed by atoms with E-state index >= 15 is 0 Å². The number of amides is 2. The number of carbonyl (C=O) groups excluding carboxylic acids is 2. The van der Waals surface area contributed by atoms with E-state index in [4.69, 9.17) is 0 Å². The van der Waals surface area contributed by atoms with Crippen molar-refractivity contribution in [2.75, 3.05) is 6.54 Å². The number of hydrogen-bond donors (Lipinski definition) is 1. The van der Waals surface area contributed by atoms with Crippen molar-refractivity contribution in [1.82, 2.24) is 25.1 Å². The highest BCUT2D eigenvalue weighted by Gasteiger charge is 2.24. The molecule has 3 rings (SSSR count). The number of aromatic nitrogens is 3. The Bertz CT molecular complexity index is 742. The monoisotopic (exact) mass is 340 g/mol. The molecular formula is C17H20N6O2. The maximum Gasteiger partial charge on any atom is 0.267 e. The van der Waals surface area contributed by atoms with Gasteiger partial charge in [0.1, 0.15) is 18.4 Å². The maximum atomic E-state index is 12.2. The summed E-state index contributed by atoms with van der Waals surface area (Å²) in [5, 5.41) is 12.5. The van der Waals surface area contributed by atoms with Crippen LogP contribution < -0.4 is 5.32 Å². The van der Waals surface area contributed by atoms with Crippen LogP contribution >= 0.6 is 0 Å². The number of aryl methyl sites for hydroxylation is 1. The Hall–Kier alpha value is -3.03. The molecule has 2 aromatic rings. The predicted octanol–water partition coefficient (Wildman–Crippen LogP) is 0.963. The molecule has 2 heterocycles. The summed E-state index contributed by atoms with van der Waals surface area (Å²) in [4.78, 5) is 28.1. The van der Waals surface area contributed by atoms with E-state index in [-0.39, 0.29) is 11.8 Å². The number of hydrazone groups is 1. The fourth-order valence-electron chi connectivity index (χ4n) is 2.54. The van der Waals surface area contributed by atoms with Crippen LogP contribution in [0, 0.1) is 0 Å². The number of rotatable bonds is 7. The highest BCUT2D eigenvalue weighted by atomic mass is 16.2. The SMILES string of the molecule is O=C(NCCCn1cncn1)C1=NN(Cc2ccccc2)C(=O)CC1. The molecule has 1 aliphatic rings. The Labute approximate surface area is 145 Å². The van der Waals surface area contributed by atoms with Crippen molar-refractivity contribution in [2.24, 2.45) is 5.10 Å². The Morgan fingerprint density at radius 2 is 2.04 bits per heavy atom. The van der Waals surface area contributed by atoms with Gasteiger partial charge in [-0.1, -0.05) is 30.3 Å². The summed E-state index contributed by atoms with van der Waals surface area (Å²) in [7, 11) is 0. The summed E-state index contributed by atoms with van der Waals surface area (Å²) in [5.41, 5.74) is 1.38. The minimum atomic E-state index is -0.218. The van der Waals surface area contributed by atoms with Crippen LogP contribution in [0.1, 0.15) is 24.8 Å². The topological polar surface area (TPSA) is 92.5 Å². The molecule has 0 saturated heterocycles. The van der Waals surface area contributed by atoms with Crippen LogP contribution in [0.25, 0.3) is 0 Å². The van der Waals surface area contributed by atoms with Crippen molar-refractivity contribution < 1.29 is 9.59 Å². The molecule has 0 fully saturated rings. The zero-order valence-electron chi connectivity index (χ0n) is 13.8. The van der Waals surface area contributed by atoms with E-state index in [1.165, 1.54) is 11.3 Å². The van der Waals surface area contributed by atoms with Crippen molar-refractivity contribution in [3.8, 4) is 0 Å². The molecule has 130 valence electrons. The van der Waals surface area contributed by atoms with Crippen LogP contribution in [-0.2, 0) is 22.7 Å². The van der Waals surface area contributed by atoms with Crippen molar-refractivity contribution >= 4 is 17.5 Å². The first kappa shape index (κ1) is 16.8. The van der Waals surface area contributed by atoms with Gasteiger partial charge >= 0.3 is 0 Å². The second-order valence-corrected chi connectivity index (χ2v) is 5.75. The van der Waals surface area contributed by atoms with Crippen molar-refractivity contribution in [1.29, 1.82) is 0 Å². The minimum absolute atomic E-state index is 0.0633. The van der Waals surface area contributed by atoms with Crippen LogP contribution in [0.2, 0.25) is 0 Å². The molecule has 0 bridgehead atoms. The second kappa shape index (κ2) is 8.18. The first-order valence-corrected chi connectivity index (χ1v) is 8.25. The summed E-state index contributed by atoms with van der Waals surface area (Å²) in [6.07, 6.45) is 4.54. The van der Waals surface area contributed by atoms with Crippen molar-refractivity contribution in [2.45, 2.75) is 32.4 Å². The van der Waals surface area contributed by atoms with Crippen LogP contribution in [0.5, 0.6) is 0 Å². The molecule has 1 N–H and O–H groups in total. The fraction of sp³-hybridized carbons (Fsp3) is 0.353. The molecule has 1 aromatic heterocycles. The van der Waals surface area contributed by atoms with Gasteiger partial charge in [-0.2, -0.15) is 10.2 Å². The van der Waals surface area contributed by atoms with Gasteiger partial charge in [-0.05, 0) is 12.0 Å². The summed E-state index contributed by atoms with van der Waals surface area (Å²) in [6.45, 7) is 1.58.